The third kappa shape index (κ3) is 11.2. The van der Waals surface area contributed by atoms with E-state index < -0.39 is 0 Å². The van der Waals surface area contributed by atoms with Gasteiger partial charge in [0.25, 0.3) is 5.56 Å². The van der Waals surface area contributed by atoms with Crippen LogP contribution >= 0.6 is 80.8 Å². The van der Waals surface area contributed by atoms with Crippen LogP contribution in [0.4, 0.5) is 0 Å². The van der Waals surface area contributed by atoms with Gasteiger partial charge in [-0.15, -0.1) is 24.0 Å². The van der Waals surface area contributed by atoms with Gasteiger partial charge in [0.15, 0.2) is 0 Å². The summed E-state index contributed by atoms with van der Waals surface area (Å²) in [5, 5.41) is 0.593. The molecule has 2 rings (SSSR count). The molecule has 0 radical (unpaired) electrons. The van der Waals surface area contributed by atoms with Crippen LogP contribution in [0.15, 0.2) is 29.3 Å². The summed E-state index contributed by atoms with van der Waals surface area (Å²) in [6.45, 7) is 3.73. The Labute approximate surface area is 183 Å². The maximum Gasteiger partial charge on any atom is 0.250 e. The van der Waals surface area contributed by atoms with Gasteiger partial charge in [0.1, 0.15) is 5.15 Å². The minimum Gasteiger partial charge on any atom is -0.328 e. The van der Waals surface area contributed by atoms with Crippen molar-refractivity contribution >= 4 is 80.8 Å². The van der Waals surface area contributed by atoms with Gasteiger partial charge in [-0.05, 0) is 76.7 Å². The van der Waals surface area contributed by atoms with Gasteiger partial charge in [-0.1, -0.05) is 33.9 Å². The molecule has 0 fully saturated rings. The highest BCUT2D eigenvalue weighted by Crippen LogP contribution is 2.13. The fraction of sp³-hybridized carbons (Fsp3) is 0.333. The molecule has 2 heterocycles. The predicted molar refractivity (Wildman–Crippen MR) is 127 cm³/mol. The molecule has 0 saturated carbocycles. The van der Waals surface area contributed by atoms with Gasteiger partial charge in [0, 0.05) is 25.1 Å². The van der Waals surface area contributed by atoms with E-state index in [4.69, 9.17) is 11.6 Å². The smallest absolute Gasteiger partial charge is 0.250 e. The minimum atomic E-state index is -0.00424. The molecule has 22 heavy (non-hydrogen) atoms. The van der Waals surface area contributed by atoms with E-state index in [1.54, 1.807) is 19.3 Å². The second-order valence-corrected chi connectivity index (χ2v) is 6.44. The zero-order valence-electron chi connectivity index (χ0n) is 10.2. The van der Waals surface area contributed by atoms with Gasteiger partial charge in [0.2, 0.25) is 0 Å². The van der Waals surface area contributed by atoms with E-state index in [1.165, 1.54) is 0 Å². The monoisotopic (exact) mass is 664 g/mol. The Morgan fingerprint density at radius 2 is 1.55 bits per heavy atom. The minimum absolute atomic E-state index is 0. The van der Waals surface area contributed by atoms with Gasteiger partial charge in [-0.2, -0.15) is 0 Å². The number of nitrogens with one attached hydrogen (secondary N) is 1. The third-order valence-electron chi connectivity index (χ3n) is 2.03. The molecule has 0 unspecified atom stereocenters. The first-order chi connectivity index (χ1) is 8.40. The van der Waals surface area contributed by atoms with Crippen molar-refractivity contribution in [3.05, 3.63) is 58.3 Å². The molecule has 3 nitrogen and oxygen atoms in total. The van der Waals surface area contributed by atoms with Gasteiger partial charge in [-0.25, -0.2) is 4.98 Å². The van der Waals surface area contributed by atoms with Crippen molar-refractivity contribution < 1.29 is 0 Å². The molecule has 0 aliphatic carbocycles. The van der Waals surface area contributed by atoms with Crippen LogP contribution in [0.5, 0.6) is 0 Å². The maximum absolute atomic E-state index is 10.7. The number of hydrogen-bond donors (Lipinski definition) is 1. The van der Waals surface area contributed by atoms with Crippen LogP contribution in [0.25, 0.3) is 0 Å². The fourth-order valence-electron chi connectivity index (χ4n) is 1.09. The molecule has 0 aliphatic heterocycles. The Morgan fingerprint density at radius 3 is 1.91 bits per heavy atom. The quantitative estimate of drug-likeness (QED) is 0.260. The van der Waals surface area contributed by atoms with E-state index in [1.807, 2.05) is 19.1 Å². The van der Waals surface area contributed by atoms with E-state index in [0.29, 0.717) is 5.15 Å². The molecule has 128 valence electrons. The molecular weight excluding hydrogens is 640 g/mol. The third-order valence-corrected chi connectivity index (χ3v) is 3.64. The highest BCUT2D eigenvalue weighted by atomic mass is 127. The lowest BCUT2D eigenvalue weighted by atomic mass is 10.3. The average Bonchev–Trinajstić information content (AvgIpc) is 2.30. The lowest BCUT2D eigenvalue weighted by Crippen LogP contribution is -2.07. The van der Waals surface area contributed by atoms with E-state index in [-0.39, 0.29) is 51.8 Å². The zero-order chi connectivity index (χ0) is 13.7. The molecule has 2 aromatic rings. The van der Waals surface area contributed by atoms with Crippen molar-refractivity contribution in [3.63, 3.8) is 0 Å². The highest BCUT2D eigenvalue weighted by molar-refractivity contribution is 14.1. The second kappa shape index (κ2) is 15.1. The number of hydrogen-bond acceptors (Lipinski definition) is 2. The topological polar surface area (TPSA) is 45.8 Å². The van der Waals surface area contributed by atoms with Crippen molar-refractivity contribution in [2.75, 3.05) is 0 Å². The van der Waals surface area contributed by atoms with E-state index in [2.05, 4.69) is 55.1 Å². The van der Waals surface area contributed by atoms with Gasteiger partial charge < -0.3 is 4.98 Å². The first-order valence-corrected chi connectivity index (χ1v) is 7.56. The van der Waals surface area contributed by atoms with Crippen molar-refractivity contribution in [2.45, 2.75) is 36.1 Å². The van der Waals surface area contributed by atoms with Crippen LogP contribution in [0.1, 0.15) is 33.4 Å². The Hall–Kier alpha value is 0.580. The number of aromatic amines is 1. The van der Waals surface area contributed by atoms with Crippen molar-refractivity contribution in [1.29, 1.82) is 0 Å². The number of aryl methyl sites for hydroxylation is 2. The van der Waals surface area contributed by atoms with E-state index in [9.17, 15) is 4.79 Å². The summed E-state index contributed by atoms with van der Waals surface area (Å²) in [6.07, 6.45) is 3.44. The van der Waals surface area contributed by atoms with Gasteiger partial charge in [-0.3, -0.25) is 4.79 Å². The van der Waals surface area contributed by atoms with Crippen molar-refractivity contribution in [1.82, 2.24) is 9.97 Å². The molecule has 0 atom stereocenters. The van der Waals surface area contributed by atoms with Crippen LogP contribution in [0.2, 0.25) is 5.15 Å². The van der Waals surface area contributed by atoms with Crippen LogP contribution < -0.4 is 5.56 Å². The molecular formula is C15H24ClI3N2O. The fourth-order valence-corrected chi connectivity index (χ4v) is 2.42. The van der Waals surface area contributed by atoms with Crippen LogP contribution in [-0.4, -0.2) is 9.97 Å². The normalized spacial score (nSPS) is 7.86. The average molecular weight is 665 g/mol. The second-order valence-electron chi connectivity index (χ2n) is 3.59. The number of aromatic nitrogens is 2. The number of rotatable bonds is 0. The first kappa shape index (κ1) is 30.5. The Morgan fingerprint density at radius 1 is 1.05 bits per heavy atom. The van der Waals surface area contributed by atoms with E-state index in [0.717, 1.165) is 18.3 Å². The summed E-state index contributed by atoms with van der Waals surface area (Å²) in [7, 11) is 0. The summed E-state index contributed by atoms with van der Waals surface area (Å²) < 4.78 is 2.18. The largest absolute Gasteiger partial charge is 0.328 e. The number of H-pyrrole nitrogens is 1. The summed E-state index contributed by atoms with van der Waals surface area (Å²) in [5.74, 6) is 0. The zero-order valence-corrected chi connectivity index (χ0v) is 17.6. The molecule has 0 aliphatic rings. The summed E-state index contributed by atoms with van der Waals surface area (Å²) in [4.78, 5) is 17.3. The van der Waals surface area contributed by atoms with Crippen LogP contribution in [-0.2, 0) is 0 Å². The number of nitrogens with zero attached hydrogens (tertiary/aromatic N) is 1. The lowest BCUT2D eigenvalue weighted by Gasteiger charge is -1.94. The predicted octanol–water partition coefficient (Wildman–Crippen LogP) is 6.46. The summed E-state index contributed by atoms with van der Waals surface area (Å²) in [5.41, 5.74) is 1.79. The Balaban J connectivity index is -0.000000125. The van der Waals surface area contributed by atoms with Crippen LogP contribution in [0.3, 0.4) is 0 Å². The molecule has 0 aromatic carbocycles. The van der Waals surface area contributed by atoms with E-state index >= 15 is 0 Å². The maximum atomic E-state index is 10.7. The molecule has 1 N–H and O–H groups in total. The molecule has 0 spiro atoms. The Kier molecular flexibility index (Phi) is 20.9. The molecule has 7 heteroatoms. The standard InChI is InChI=1S/C6H5ClIN.C6H6INO.3CH4.HI/c1-4-2-5(8)3-9-6(4)7;1-4-2-5(7)3-8-6(4)9;;;;/h2-3H,1H3;2-3H,1H3,(H,8,9);3*1H4;1H. The molecule has 0 saturated heterocycles. The van der Waals surface area contributed by atoms with Crippen molar-refractivity contribution in [2.24, 2.45) is 0 Å². The van der Waals surface area contributed by atoms with Crippen LogP contribution in [0, 0.1) is 21.0 Å². The van der Waals surface area contributed by atoms with Gasteiger partial charge >= 0.3 is 0 Å². The summed E-state index contributed by atoms with van der Waals surface area (Å²) in [6, 6.07) is 3.84. The summed E-state index contributed by atoms with van der Waals surface area (Å²) >= 11 is 10.0. The van der Waals surface area contributed by atoms with Crippen molar-refractivity contribution in [3.8, 4) is 0 Å². The molecule has 2 aromatic heterocycles. The molecule has 0 bridgehead atoms. The lowest BCUT2D eigenvalue weighted by molar-refractivity contribution is 1.17. The first-order valence-electron chi connectivity index (χ1n) is 5.02. The van der Waals surface area contributed by atoms with Gasteiger partial charge in [0.05, 0.1) is 0 Å². The highest BCUT2D eigenvalue weighted by Gasteiger charge is 1.94. The Bertz CT molecular complexity index is 604. The number of pyridine rings is 2. The SMILES string of the molecule is C.C.C.Cc1cc(I)c[nH]c1=O.Cc1cc(I)cnc1Cl.I. The number of halogens is 4. The molecule has 0 amide bonds.